The van der Waals surface area contributed by atoms with Crippen molar-refractivity contribution in [1.29, 1.82) is 0 Å². The Kier molecular flexibility index (Phi) is 4.72. The highest BCUT2D eigenvalue weighted by atomic mass is 16.5. The molecule has 9 heteroatoms. The summed E-state index contributed by atoms with van der Waals surface area (Å²) in [5.41, 5.74) is 2.51. The molecule has 0 N–H and O–H groups in total. The Morgan fingerprint density at radius 3 is 2.80 bits per heavy atom. The molecule has 156 valence electrons. The minimum absolute atomic E-state index is 0.0948. The van der Waals surface area contributed by atoms with Gasteiger partial charge in [0, 0.05) is 38.4 Å². The minimum Gasteiger partial charge on any atom is -0.370 e. The maximum atomic E-state index is 13.1. The average Bonchev–Trinajstić information content (AvgIpc) is 3.14. The lowest BCUT2D eigenvalue weighted by Gasteiger charge is -2.34. The Morgan fingerprint density at radius 2 is 2.07 bits per heavy atom. The van der Waals surface area contributed by atoms with Crippen molar-refractivity contribution < 1.29 is 9.32 Å². The van der Waals surface area contributed by atoms with E-state index >= 15 is 0 Å². The zero-order valence-electron chi connectivity index (χ0n) is 17.0. The van der Waals surface area contributed by atoms with Gasteiger partial charge in [0.15, 0.2) is 0 Å². The average molecular weight is 408 g/mol. The first-order chi connectivity index (χ1) is 14.6. The van der Waals surface area contributed by atoms with Gasteiger partial charge in [0.05, 0.1) is 34.6 Å². The standard InChI is InChI=1S/C21H24N6O3/c1-2-18-17-9-14(11-22-20(17)30-24-18)21(29)26-6-3-5-15(13-26)27-19(28)10-16(12-23-27)25-7-4-8-25/h9-12,15H,2-8,13H2,1H3. The van der Waals surface area contributed by atoms with E-state index in [1.807, 2.05) is 6.92 Å². The largest absolute Gasteiger partial charge is 0.370 e. The molecule has 9 nitrogen and oxygen atoms in total. The molecule has 0 aromatic carbocycles. The molecule has 0 saturated carbocycles. The lowest BCUT2D eigenvalue weighted by Crippen LogP contribution is -2.44. The number of nitrogens with zero attached hydrogens (tertiary/aromatic N) is 6. The van der Waals surface area contributed by atoms with Crippen LogP contribution in [0.5, 0.6) is 0 Å². The van der Waals surface area contributed by atoms with Crippen LogP contribution in [-0.2, 0) is 6.42 Å². The van der Waals surface area contributed by atoms with Crippen molar-refractivity contribution in [3.63, 3.8) is 0 Å². The molecule has 0 spiro atoms. The number of aromatic nitrogens is 4. The number of piperidine rings is 1. The molecule has 1 atom stereocenters. The number of carbonyl (C=O) groups excluding carboxylic acids is 1. The normalized spacial score (nSPS) is 19.2. The van der Waals surface area contributed by atoms with Gasteiger partial charge in [0.2, 0.25) is 0 Å². The molecule has 2 aliphatic heterocycles. The van der Waals surface area contributed by atoms with E-state index in [4.69, 9.17) is 4.52 Å². The fourth-order valence-electron chi connectivity index (χ4n) is 4.20. The second-order valence-electron chi connectivity index (χ2n) is 7.94. The van der Waals surface area contributed by atoms with Gasteiger partial charge in [-0.1, -0.05) is 12.1 Å². The lowest BCUT2D eigenvalue weighted by atomic mass is 10.0. The fourth-order valence-corrected chi connectivity index (χ4v) is 4.20. The van der Waals surface area contributed by atoms with Crippen molar-refractivity contribution in [2.24, 2.45) is 0 Å². The summed E-state index contributed by atoms with van der Waals surface area (Å²) in [5.74, 6) is -0.0948. The predicted octanol–water partition coefficient (Wildman–Crippen LogP) is 2.03. The van der Waals surface area contributed by atoms with E-state index in [1.165, 1.54) is 10.9 Å². The minimum atomic E-state index is -0.126. The Bertz CT molecular complexity index is 1150. The van der Waals surface area contributed by atoms with E-state index in [1.54, 1.807) is 23.2 Å². The van der Waals surface area contributed by atoms with Crippen LogP contribution in [0.3, 0.4) is 0 Å². The first-order valence-electron chi connectivity index (χ1n) is 10.5. The molecule has 5 heterocycles. The van der Waals surface area contributed by atoms with Gasteiger partial charge in [0.25, 0.3) is 17.2 Å². The third-order valence-electron chi connectivity index (χ3n) is 6.05. The van der Waals surface area contributed by atoms with Crippen molar-refractivity contribution in [3.05, 3.63) is 46.1 Å². The van der Waals surface area contributed by atoms with Gasteiger partial charge in [-0.05, 0) is 31.7 Å². The third kappa shape index (κ3) is 3.24. The topological polar surface area (TPSA) is 97.4 Å². The van der Waals surface area contributed by atoms with Crippen molar-refractivity contribution in [2.75, 3.05) is 31.1 Å². The maximum Gasteiger partial charge on any atom is 0.269 e. The van der Waals surface area contributed by atoms with Gasteiger partial charge >= 0.3 is 0 Å². The van der Waals surface area contributed by atoms with Crippen LogP contribution >= 0.6 is 0 Å². The predicted molar refractivity (Wildman–Crippen MR) is 111 cm³/mol. The zero-order chi connectivity index (χ0) is 20.7. The molecule has 3 aromatic heterocycles. The van der Waals surface area contributed by atoms with Crippen LogP contribution in [0.25, 0.3) is 11.1 Å². The number of amides is 1. The van der Waals surface area contributed by atoms with E-state index in [9.17, 15) is 9.59 Å². The van der Waals surface area contributed by atoms with Crippen molar-refractivity contribution in [3.8, 4) is 0 Å². The van der Waals surface area contributed by atoms with Crippen molar-refractivity contribution in [2.45, 2.75) is 38.6 Å². The molecule has 30 heavy (non-hydrogen) atoms. The quantitative estimate of drug-likeness (QED) is 0.651. The second kappa shape index (κ2) is 7.55. The van der Waals surface area contributed by atoms with Gasteiger partial charge in [-0.25, -0.2) is 9.67 Å². The summed E-state index contributed by atoms with van der Waals surface area (Å²) in [6, 6.07) is 3.33. The summed E-state index contributed by atoms with van der Waals surface area (Å²) in [4.78, 5) is 34.0. The molecule has 2 aliphatic rings. The number of carbonyl (C=O) groups is 1. The van der Waals surface area contributed by atoms with Gasteiger partial charge in [-0.3, -0.25) is 9.59 Å². The summed E-state index contributed by atoms with van der Waals surface area (Å²) in [7, 11) is 0. The van der Waals surface area contributed by atoms with E-state index in [2.05, 4.69) is 20.1 Å². The molecule has 5 rings (SSSR count). The van der Waals surface area contributed by atoms with Crippen LogP contribution in [0.4, 0.5) is 5.69 Å². The number of aryl methyl sites for hydroxylation is 1. The van der Waals surface area contributed by atoms with Crippen LogP contribution in [0.2, 0.25) is 0 Å². The monoisotopic (exact) mass is 408 g/mol. The number of hydrogen-bond donors (Lipinski definition) is 0. The van der Waals surface area contributed by atoms with Gasteiger partial charge < -0.3 is 14.3 Å². The summed E-state index contributed by atoms with van der Waals surface area (Å²) < 4.78 is 6.74. The number of rotatable bonds is 4. The summed E-state index contributed by atoms with van der Waals surface area (Å²) in [6.07, 6.45) is 6.80. The Balaban J connectivity index is 1.36. The lowest BCUT2D eigenvalue weighted by molar-refractivity contribution is 0.0669. The molecule has 2 fully saturated rings. The molecule has 0 bridgehead atoms. The Hall–Kier alpha value is -3.23. The molecule has 0 radical (unpaired) electrons. The van der Waals surface area contributed by atoms with E-state index in [0.29, 0.717) is 30.8 Å². The van der Waals surface area contributed by atoms with Gasteiger partial charge in [0.1, 0.15) is 0 Å². The first kappa shape index (κ1) is 18.8. The molecule has 0 aliphatic carbocycles. The molecule has 1 amide bonds. The number of anilines is 1. The highest BCUT2D eigenvalue weighted by Gasteiger charge is 2.28. The van der Waals surface area contributed by atoms with E-state index in [0.717, 1.165) is 49.1 Å². The third-order valence-corrected chi connectivity index (χ3v) is 6.05. The summed E-state index contributed by atoms with van der Waals surface area (Å²) in [5, 5.41) is 9.20. The maximum absolute atomic E-state index is 13.1. The first-order valence-corrected chi connectivity index (χ1v) is 10.5. The van der Waals surface area contributed by atoms with Crippen LogP contribution in [-0.4, -0.2) is 56.9 Å². The van der Waals surface area contributed by atoms with E-state index < -0.39 is 0 Å². The molecule has 3 aromatic rings. The number of hydrogen-bond acceptors (Lipinski definition) is 7. The fraction of sp³-hybridized carbons (Fsp3) is 0.476. The Morgan fingerprint density at radius 1 is 1.20 bits per heavy atom. The molecular weight excluding hydrogens is 384 g/mol. The summed E-state index contributed by atoms with van der Waals surface area (Å²) in [6.45, 7) is 5.04. The SMILES string of the molecule is CCc1noc2ncc(C(=O)N3CCCC(n4ncc(N5CCC5)cc4=O)C3)cc12. The number of likely N-dealkylation sites (tertiary alicyclic amines) is 1. The van der Waals surface area contributed by atoms with Crippen LogP contribution in [0, 0.1) is 0 Å². The molecule has 2 saturated heterocycles. The van der Waals surface area contributed by atoms with Crippen molar-refractivity contribution >= 4 is 22.7 Å². The molecule has 1 unspecified atom stereocenters. The van der Waals surface area contributed by atoms with Gasteiger partial charge in [-0.15, -0.1) is 0 Å². The second-order valence-corrected chi connectivity index (χ2v) is 7.94. The smallest absolute Gasteiger partial charge is 0.269 e. The van der Waals surface area contributed by atoms with Crippen LogP contribution in [0.1, 0.15) is 48.3 Å². The highest BCUT2D eigenvalue weighted by Crippen LogP contribution is 2.24. The highest BCUT2D eigenvalue weighted by molar-refractivity contribution is 5.97. The summed E-state index contributed by atoms with van der Waals surface area (Å²) >= 11 is 0. The molecular formula is C21H24N6O3. The number of fused-ring (bicyclic) bond motifs is 1. The number of pyridine rings is 1. The van der Waals surface area contributed by atoms with Crippen LogP contribution < -0.4 is 10.5 Å². The van der Waals surface area contributed by atoms with E-state index in [-0.39, 0.29) is 17.5 Å². The van der Waals surface area contributed by atoms with Gasteiger partial charge in [-0.2, -0.15) is 5.10 Å². The Labute approximate surface area is 173 Å². The van der Waals surface area contributed by atoms with Crippen LogP contribution in [0.15, 0.2) is 33.8 Å². The van der Waals surface area contributed by atoms with Crippen molar-refractivity contribution in [1.82, 2.24) is 24.8 Å². The zero-order valence-corrected chi connectivity index (χ0v) is 17.0.